The number of hydrogen-bond acceptors (Lipinski definition) is 2. The molecule has 2 rings (SSSR count). The molecule has 2 atom stereocenters. The average Bonchev–Trinajstić information content (AvgIpc) is 2.84. The monoisotopic (exact) mass is 210 g/mol. The van der Waals surface area contributed by atoms with Gasteiger partial charge in [0.15, 0.2) is 0 Å². The molecule has 2 aliphatic rings. The Labute approximate surface area is 94.4 Å². The molecule has 88 valence electrons. The topological polar surface area (TPSA) is 15.3 Å². The van der Waals surface area contributed by atoms with Crippen molar-refractivity contribution in [3.8, 4) is 0 Å². The van der Waals surface area contributed by atoms with Crippen LogP contribution in [0.2, 0.25) is 0 Å². The van der Waals surface area contributed by atoms with Crippen LogP contribution in [-0.2, 0) is 0 Å². The summed E-state index contributed by atoms with van der Waals surface area (Å²) in [6.45, 7) is 9.86. The highest BCUT2D eigenvalue weighted by Gasteiger charge is 2.30. The van der Waals surface area contributed by atoms with E-state index in [2.05, 4.69) is 24.1 Å². The van der Waals surface area contributed by atoms with Crippen LogP contribution in [0.1, 0.15) is 46.0 Å². The van der Waals surface area contributed by atoms with Crippen LogP contribution in [0.15, 0.2) is 0 Å². The van der Waals surface area contributed by atoms with E-state index >= 15 is 0 Å². The molecule has 0 aromatic carbocycles. The van der Waals surface area contributed by atoms with Crippen LogP contribution in [-0.4, -0.2) is 36.6 Å². The molecule has 0 aliphatic carbocycles. The highest BCUT2D eigenvalue weighted by molar-refractivity contribution is 4.89. The molecule has 15 heavy (non-hydrogen) atoms. The van der Waals surface area contributed by atoms with Crippen molar-refractivity contribution in [1.82, 2.24) is 10.2 Å². The summed E-state index contributed by atoms with van der Waals surface area (Å²) >= 11 is 0. The second-order valence-electron chi connectivity index (χ2n) is 5.68. The van der Waals surface area contributed by atoms with E-state index in [4.69, 9.17) is 0 Å². The standard InChI is InChI=1S/C13H26N2/c1-3-15-10-6-12(11-15)5-8-13(2)7-4-9-14-13/h12,14H,3-11H2,1-2H3. The molecule has 0 saturated carbocycles. The number of rotatable bonds is 4. The lowest BCUT2D eigenvalue weighted by atomic mass is 9.89. The van der Waals surface area contributed by atoms with E-state index in [1.165, 1.54) is 58.3 Å². The Morgan fingerprint density at radius 2 is 2.33 bits per heavy atom. The van der Waals surface area contributed by atoms with Crippen LogP contribution in [0.3, 0.4) is 0 Å². The first-order chi connectivity index (χ1) is 7.22. The minimum Gasteiger partial charge on any atom is -0.312 e. The van der Waals surface area contributed by atoms with Crippen molar-refractivity contribution in [3.63, 3.8) is 0 Å². The summed E-state index contributed by atoms with van der Waals surface area (Å²) in [5, 5.41) is 3.67. The van der Waals surface area contributed by atoms with Gasteiger partial charge in [0.05, 0.1) is 0 Å². The van der Waals surface area contributed by atoms with Crippen molar-refractivity contribution in [1.29, 1.82) is 0 Å². The van der Waals surface area contributed by atoms with Gasteiger partial charge in [-0.25, -0.2) is 0 Å². The summed E-state index contributed by atoms with van der Waals surface area (Å²) in [5.41, 5.74) is 0.472. The van der Waals surface area contributed by atoms with Gasteiger partial charge in [0.2, 0.25) is 0 Å². The first kappa shape index (κ1) is 11.4. The first-order valence-electron chi connectivity index (χ1n) is 6.69. The maximum atomic E-state index is 3.67. The van der Waals surface area contributed by atoms with Crippen LogP contribution in [0.5, 0.6) is 0 Å². The van der Waals surface area contributed by atoms with E-state index in [1.54, 1.807) is 0 Å². The summed E-state index contributed by atoms with van der Waals surface area (Å²) in [6, 6.07) is 0. The Bertz CT molecular complexity index is 197. The molecule has 0 aromatic heterocycles. The van der Waals surface area contributed by atoms with E-state index in [9.17, 15) is 0 Å². The molecule has 2 nitrogen and oxygen atoms in total. The van der Waals surface area contributed by atoms with Crippen LogP contribution < -0.4 is 5.32 Å². The van der Waals surface area contributed by atoms with Crippen molar-refractivity contribution in [3.05, 3.63) is 0 Å². The Morgan fingerprint density at radius 1 is 1.47 bits per heavy atom. The highest BCUT2D eigenvalue weighted by Crippen LogP contribution is 2.28. The highest BCUT2D eigenvalue weighted by atomic mass is 15.1. The number of hydrogen-bond donors (Lipinski definition) is 1. The summed E-state index contributed by atoms with van der Waals surface area (Å²) in [4.78, 5) is 2.59. The molecule has 2 heteroatoms. The van der Waals surface area contributed by atoms with Crippen molar-refractivity contribution in [2.75, 3.05) is 26.2 Å². The van der Waals surface area contributed by atoms with Crippen molar-refractivity contribution < 1.29 is 0 Å². The van der Waals surface area contributed by atoms with E-state index in [1.807, 2.05) is 0 Å². The summed E-state index contributed by atoms with van der Waals surface area (Å²) in [7, 11) is 0. The molecule has 2 aliphatic heterocycles. The maximum absolute atomic E-state index is 3.67. The van der Waals surface area contributed by atoms with Crippen LogP contribution in [0.25, 0.3) is 0 Å². The van der Waals surface area contributed by atoms with Crippen LogP contribution in [0, 0.1) is 5.92 Å². The lowest BCUT2D eigenvalue weighted by molar-refractivity contribution is 0.309. The molecule has 0 aromatic rings. The summed E-state index contributed by atoms with van der Waals surface area (Å²) in [6.07, 6.45) is 7.01. The Hall–Kier alpha value is -0.0800. The quantitative estimate of drug-likeness (QED) is 0.765. The fourth-order valence-electron chi connectivity index (χ4n) is 3.13. The predicted octanol–water partition coefficient (Wildman–Crippen LogP) is 2.25. The number of nitrogens with zero attached hydrogens (tertiary/aromatic N) is 1. The average molecular weight is 210 g/mol. The molecule has 2 unspecified atom stereocenters. The van der Waals surface area contributed by atoms with Gasteiger partial charge in [-0.15, -0.1) is 0 Å². The fraction of sp³-hybridized carbons (Fsp3) is 1.00. The van der Waals surface area contributed by atoms with E-state index in [-0.39, 0.29) is 0 Å². The fourth-order valence-corrected chi connectivity index (χ4v) is 3.13. The van der Waals surface area contributed by atoms with Gasteiger partial charge in [0.25, 0.3) is 0 Å². The second-order valence-corrected chi connectivity index (χ2v) is 5.68. The largest absolute Gasteiger partial charge is 0.312 e. The lowest BCUT2D eigenvalue weighted by Gasteiger charge is -2.25. The SMILES string of the molecule is CCN1CCC(CCC2(C)CCCN2)C1. The number of likely N-dealkylation sites (tertiary alicyclic amines) is 1. The number of nitrogens with one attached hydrogen (secondary N) is 1. The van der Waals surface area contributed by atoms with E-state index in [0.29, 0.717) is 5.54 Å². The molecule has 0 amide bonds. The normalized spacial score (nSPS) is 37.6. The van der Waals surface area contributed by atoms with Crippen molar-refractivity contribution in [2.24, 2.45) is 5.92 Å². The molecule has 2 fully saturated rings. The first-order valence-corrected chi connectivity index (χ1v) is 6.69. The third kappa shape index (κ3) is 2.94. The molecule has 0 radical (unpaired) electrons. The molecule has 0 bridgehead atoms. The van der Waals surface area contributed by atoms with Gasteiger partial charge in [-0.05, 0) is 64.6 Å². The van der Waals surface area contributed by atoms with Gasteiger partial charge in [0.1, 0.15) is 0 Å². The van der Waals surface area contributed by atoms with Gasteiger partial charge in [0, 0.05) is 12.1 Å². The maximum Gasteiger partial charge on any atom is 0.0153 e. The summed E-state index contributed by atoms with van der Waals surface area (Å²) in [5.74, 6) is 0.976. The third-order valence-electron chi connectivity index (χ3n) is 4.38. The zero-order chi connectivity index (χ0) is 10.7. The molecule has 0 spiro atoms. The van der Waals surface area contributed by atoms with Gasteiger partial charge >= 0.3 is 0 Å². The lowest BCUT2D eigenvalue weighted by Crippen LogP contribution is -2.36. The Balaban J connectivity index is 1.70. The zero-order valence-electron chi connectivity index (χ0n) is 10.4. The van der Waals surface area contributed by atoms with E-state index < -0.39 is 0 Å². The van der Waals surface area contributed by atoms with Crippen LogP contribution in [0.4, 0.5) is 0 Å². The summed E-state index contributed by atoms with van der Waals surface area (Å²) < 4.78 is 0. The minimum absolute atomic E-state index is 0.472. The second kappa shape index (κ2) is 4.84. The van der Waals surface area contributed by atoms with E-state index in [0.717, 1.165) is 5.92 Å². The molecular weight excluding hydrogens is 184 g/mol. The smallest absolute Gasteiger partial charge is 0.0153 e. The van der Waals surface area contributed by atoms with Crippen molar-refractivity contribution >= 4 is 0 Å². The van der Waals surface area contributed by atoms with Crippen LogP contribution >= 0.6 is 0 Å². The predicted molar refractivity (Wildman–Crippen MR) is 65.1 cm³/mol. The third-order valence-corrected chi connectivity index (χ3v) is 4.38. The van der Waals surface area contributed by atoms with Gasteiger partial charge in [-0.2, -0.15) is 0 Å². The molecule has 1 N–H and O–H groups in total. The van der Waals surface area contributed by atoms with Gasteiger partial charge in [-0.1, -0.05) is 6.92 Å². The van der Waals surface area contributed by atoms with Gasteiger partial charge < -0.3 is 10.2 Å². The Morgan fingerprint density at radius 3 is 2.93 bits per heavy atom. The molecule has 2 heterocycles. The molecule has 2 saturated heterocycles. The minimum atomic E-state index is 0.472. The van der Waals surface area contributed by atoms with Crippen molar-refractivity contribution in [2.45, 2.75) is 51.5 Å². The van der Waals surface area contributed by atoms with Gasteiger partial charge in [-0.3, -0.25) is 0 Å². The molecular formula is C13H26N2. The Kier molecular flexibility index (Phi) is 3.68. The zero-order valence-corrected chi connectivity index (χ0v) is 10.4.